The molecule has 3 aromatic rings. The fourth-order valence-corrected chi connectivity index (χ4v) is 4.04. The number of carbonyl (C=O) groups is 1. The number of rotatable bonds is 4. The van der Waals surface area contributed by atoms with E-state index in [-0.39, 0.29) is 24.7 Å². The lowest BCUT2D eigenvalue weighted by molar-refractivity contribution is -0.132. The first-order valence-corrected chi connectivity index (χ1v) is 9.72. The minimum absolute atomic E-state index is 0.0326. The average Bonchev–Trinajstić information content (AvgIpc) is 3.04. The maximum absolute atomic E-state index is 13.9. The number of hydrogen-bond acceptors (Lipinski definition) is 2. The molecule has 2 aromatic carbocycles. The van der Waals surface area contributed by atoms with Gasteiger partial charge in [0.05, 0.1) is 6.20 Å². The van der Waals surface area contributed by atoms with Gasteiger partial charge in [0.1, 0.15) is 11.6 Å². The molecule has 4 rings (SSSR count). The van der Waals surface area contributed by atoms with Gasteiger partial charge in [0.2, 0.25) is 5.91 Å². The Morgan fingerprint density at radius 1 is 1.17 bits per heavy atom. The summed E-state index contributed by atoms with van der Waals surface area (Å²) in [5.74, 6) is -1.19. The lowest BCUT2D eigenvalue weighted by atomic mass is 9.84. The number of hydrogen-bond donors (Lipinski definition) is 0. The van der Waals surface area contributed by atoms with Crippen LogP contribution >= 0.6 is 0 Å². The van der Waals surface area contributed by atoms with Gasteiger partial charge in [-0.1, -0.05) is 30.3 Å². The van der Waals surface area contributed by atoms with Crippen LogP contribution < -0.4 is 0 Å². The molecule has 1 aliphatic heterocycles. The van der Waals surface area contributed by atoms with E-state index in [1.165, 1.54) is 17.7 Å². The van der Waals surface area contributed by atoms with Crippen molar-refractivity contribution < 1.29 is 13.6 Å². The van der Waals surface area contributed by atoms with Gasteiger partial charge in [0, 0.05) is 49.8 Å². The minimum Gasteiger partial charge on any atom is -0.337 e. The summed E-state index contributed by atoms with van der Waals surface area (Å²) in [5.41, 5.74) is 4.89. The molecule has 1 aliphatic rings. The van der Waals surface area contributed by atoms with E-state index in [1.54, 1.807) is 0 Å². The predicted octanol–water partition coefficient (Wildman–Crippen LogP) is 4.11. The van der Waals surface area contributed by atoms with Crippen LogP contribution in [-0.4, -0.2) is 27.1 Å². The summed E-state index contributed by atoms with van der Waals surface area (Å²) in [6.07, 6.45) is 2.31. The van der Waals surface area contributed by atoms with E-state index in [9.17, 15) is 13.6 Å². The molecule has 6 heteroatoms. The van der Waals surface area contributed by atoms with Crippen molar-refractivity contribution in [1.82, 2.24) is 14.7 Å². The predicted molar refractivity (Wildman–Crippen MR) is 106 cm³/mol. The molecule has 0 N–H and O–H groups in total. The van der Waals surface area contributed by atoms with Crippen molar-refractivity contribution in [2.75, 3.05) is 6.54 Å². The lowest BCUT2D eigenvalue weighted by Crippen LogP contribution is -2.38. The van der Waals surface area contributed by atoms with Crippen molar-refractivity contribution in [2.45, 2.75) is 32.2 Å². The maximum atomic E-state index is 13.9. The summed E-state index contributed by atoms with van der Waals surface area (Å²) in [5, 5.41) is 4.37. The molecule has 1 atom stereocenters. The Bertz CT molecular complexity index is 1060. The Labute approximate surface area is 168 Å². The molecule has 150 valence electrons. The highest BCUT2D eigenvalue weighted by Crippen LogP contribution is 2.35. The summed E-state index contributed by atoms with van der Waals surface area (Å²) >= 11 is 0. The normalized spacial score (nSPS) is 16.0. The Hall–Kier alpha value is -3.02. The molecule has 0 saturated carbocycles. The van der Waals surface area contributed by atoms with Gasteiger partial charge in [-0.2, -0.15) is 5.10 Å². The number of benzene rings is 2. The summed E-state index contributed by atoms with van der Waals surface area (Å²) in [7, 11) is 1.91. The lowest BCUT2D eigenvalue weighted by Gasteiger charge is -2.35. The third-order valence-corrected chi connectivity index (χ3v) is 5.82. The van der Waals surface area contributed by atoms with E-state index >= 15 is 0 Å². The van der Waals surface area contributed by atoms with E-state index in [2.05, 4.69) is 11.2 Å². The van der Waals surface area contributed by atoms with Gasteiger partial charge in [-0.05, 0) is 36.1 Å². The molecule has 1 amide bonds. The smallest absolute Gasteiger partial charge is 0.223 e. The molecule has 1 aromatic heterocycles. The molecule has 0 bridgehead atoms. The zero-order valence-electron chi connectivity index (χ0n) is 16.5. The van der Waals surface area contributed by atoms with Crippen LogP contribution in [0.15, 0.2) is 48.7 Å². The molecule has 1 unspecified atom stereocenters. The quantitative estimate of drug-likeness (QED) is 0.667. The standard InChI is InChI=1S/C23H23F2N3O/c1-15-20(12-26-27(15)2)21-14-28(13-17-5-3-4-6-19(17)21)23(29)10-8-16-7-9-18(24)11-22(16)25/h3-7,9,11-12,21H,8,10,13-14H2,1-2H3. The Kier molecular flexibility index (Phi) is 5.18. The number of nitrogens with zero attached hydrogens (tertiary/aromatic N) is 3. The Morgan fingerprint density at radius 2 is 1.97 bits per heavy atom. The second-order valence-electron chi connectivity index (χ2n) is 7.57. The third-order valence-electron chi connectivity index (χ3n) is 5.82. The fraction of sp³-hybridized carbons (Fsp3) is 0.304. The summed E-state index contributed by atoms with van der Waals surface area (Å²) in [4.78, 5) is 14.8. The van der Waals surface area contributed by atoms with Gasteiger partial charge < -0.3 is 4.90 Å². The van der Waals surface area contributed by atoms with Crippen LogP contribution in [-0.2, 0) is 24.8 Å². The van der Waals surface area contributed by atoms with Gasteiger partial charge in [0.15, 0.2) is 0 Å². The summed E-state index contributed by atoms with van der Waals surface area (Å²) < 4.78 is 28.8. The van der Waals surface area contributed by atoms with Crippen molar-refractivity contribution in [3.05, 3.63) is 88.2 Å². The zero-order chi connectivity index (χ0) is 20.5. The highest BCUT2D eigenvalue weighted by Gasteiger charge is 2.30. The van der Waals surface area contributed by atoms with Crippen molar-refractivity contribution in [1.29, 1.82) is 0 Å². The van der Waals surface area contributed by atoms with Crippen LogP contribution in [0.3, 0.4) is 0 Å². The molecule has 0 spiro atoms. The van der Waals surface area contributed by atoms with Crippen LogP contribution in [0, 0.1) is 18.6 Å². The largest absolute Gasteiger partial charge is 0.337 e. The van der Waals surface area contributed by atoms with E-state index in [4.69, 9.17) is 0 Å². The molecular formula is C23H23F2N3O. The summed E-state index contributed by atoms with van der Waals surface area (Å²) in [6.45, 7) is 3.13. The second kappa shape index (κ2) is 7.78. The van der Waals surface area contributed by atoms with E-state index in [1.807, 2.05) is 47.9 Å². The fourth-order valence-electron chi connectivity index (χ4n) is 4.04. The van der Waals surface area contributed by atoms with Crippen molar-refractivity contribution in [2.24, 2.45) is 7.05 Å². The van der Waals surface area contributed by atoms with Crippen LogP contribution in [0.1, 0.15) is 40.3 Å². The summed E-state index contributed by atoms with van der Waals surface area (Å²) in [6, 6.07) is 11.7. The van der Waals surface area contributed by atoms with Crippen molar-refractivity contribution in [3.8, 4) is 0 Å². The van der Waals surface area contributed by atoms with Crippen LogP contribution in [0.5, 0.6) is 0 Å². The van der Waals surface area contributed by atoms with Gasteiger partial charge in [-0.25, -0.2) is 8.78 Å². The Balaban J connectivity index is 1.55. The van der Waals surface area contributed by atoms with Gasteiger partial charge >= 0.3 is 0 Å². The molecule has 29 heavy (non-hydrogen) atoms. The SMILES string of the molecule is Cc1c(C2CN(C(=O)CCc3ccc(F)cc3F)Cc3ccccc32)cnn1C. The second-order valence-corrected chi connectivity index (χ2v) is 7.57. The molecule has 2 heterocycles. The van der Waals surface area contributed by atoms with Gasteiger partial charge in [0.25, 0.3) is 0 Å². The van der Waals surface area contributed by atoms with E-state index in [0.717, 1.165) is 22.9 Å². The monoisotopic (exact) mass is 395 g/mol. The number of aromatic nitrogens is 2. The molecule has 0 fully saturated rings. The minimum atomic E-state index is -0.611. The first-order chi connectivity index (χ1) is 13.9. The van der Waals surface area contributed by atoms with Crippen molar-refractivity contribution in [3.63, 3.8) is 0 Å². The van der Waals surface area contributed by atoms with Gasteiger partial charge in [-0.15, -0.1) is 0 Å². The molecule has 0 radical (unpaired) electrons. The number of fused-ring (bicyclic) bond motifs is 1. The number of aryl methyl sites for hydroxylation is 2. The molecule has 4 nitrogen and oxygen atoms in total. The van der Waals surface area contributed by atoms with Crippen molar-refractivity contribution >= 4 is 5.91 Å². The number of carbonyl (C=O) groups excluding carboxylic acids is 1. The van der Waals surface area contributed by atoms with Crippen LogP contribution in [0.4, 0.5) is 8.78 Å². The Morgan fingerprint density at radius 3 is 2.69 bits per heavy atom. The number of halogens is 2. The molecule has 0 aliphatic carbocycles. The van der Waals surface area contributed by atoms with E-state index in [0.29, 0.717) is 18.7 Å². The maximum Gasteiger partial charge on any atom is 0.223 e. The first-order valence-electron chi connectivity index (χ1n) is 9.72. The van der Waals surface area contributed by atoms with Gasteiger partial charge in [-0.3, -0.25) is 9.48 Å². The molecular weight excluding hydrogens is 372 g/mol. The highest BCUT2D eigenvalue weighted by atomic mass is 19.1. The number of amides is 1. The molecule has 0 saturated heterocycles. The van der Waals surface area contributed by atoms with Crippen LogP contribution in [0.25, 0.3) is 0 Å². The first kappa shape index (κ1) is 19.3. The average molecular weight is 395 g/mol. The highest BCUT2D eigenvalue weighted by molar-refractivity contribution is 5.77. The van der Waals surface area contributed by atoms with E-state index < -0.39 is 11.6 Å². The van der Waals surface area contributed by atoms with Crippen LogP contribution in [0.2, 0.25) is 0 Å². The topological polar surface area (TPSA) is 38.1 Å². The third kappa shape index (κ3) is 3.79. The zero-order valence-corrected chi connectivity index (χ0v) is 16.5.